The normalized spacial score (nSPS) is 16.3. The Morgan fingerprint density at radius 3 is 2.42 bits per heavy atom. The quantitative estimate of drug-likeness (QED) is 0.680. The molecule has 1 heterocycles. The number of ether oxygens (including phenoxy) is 2. The molecule has 2 N–H and O–H groups in total. The van der Waals surface area contributed by atoms with Crippen molar-refractivity contribution < 1.29 is 22.7 Å². The van der Waals surface area contributed by atoms with Gasteiger partial charge in [-0.05, 0) is 32.0 Å². The maximum Gasteiger partial charge on any atom is 0.243 e. The third-order valence-corrected chi connectivity index (χ3v) is 6.31. The van der Waals surface area contributed by atoms with Crippen molar-refractivity contribution in [3.63, 3.8) is 0 Å². The van der Waals surface area contributed by atoms with Gasteiger partial charge in [0.05, 0.1) is 19.1 Å². The minimum absolute atomic E-state index is 0.0104. The van der Waals surface area contributed by atoms with E-state index in [9.17, 15) is 13.2 Å². The Hall–Kier alpha value is -1.84. The third-order valence-electron chi connectivity index (χ3n) is 4.41. The van der Waals surface area contributed by atoms with Gasteiger partial charge in [0.25, 0.3) is 0 Å². The first-order valence-corrected chi connectivity index (χ1v) is 10.0. The molecule has 26 heavy (non-hydrogen) atoms. The Labute approximate surface area is 154 Å². The lowest BCUT2D eigenvalue weighted by Gasteiger charge is -2.31. The number of carbonyl (C=O) groups is 1. The first kappa shape index (κ1) is 20.5. The van der Waals surface area contributed by atoms with Crippen molar-refractivity contribution in [3.8, 4) is 11.5 Å². The fourth-order valence-corrected chi connectivity index (χ4v) is 4.39. The summed E-state index contributed by atoms with van der Waals surface area (Å²) in [6.07, 6.45) is 1.61. The van der Waals surface area contributed by atoms with Gasteiger partial charge in [0.1, 0.15) is 0 Å². The third kappa shape index (κ3) is 4.87. The lowest BCUT2D eigenvalue weighted by atomic mass is 10.1. The van der Waals surface area contributed by atoms with E-state index >= 15 is 0 Å². The van der Waals surface area contributed by atoms with Crippen molar-refractivity contribution in [2.45, 2.75) is 30.2 Å². The average Bonchev–Trinajstić information content (AvgIpc) is 2.66. The molecule has 2 rings (SSSR count). The number of hydrogen-bond donors (Lipinski definition) is 2. The zero-order valence-corrected chi connectivity index (χ0v) is 16.3. The van der Waals surface area contributed by atoms with Gasteiger partial charge < -0.3 is 20.1 Å². The predicted octanol–water partition coefficient (Wildman–Crippen LogP) is 0.583. The lowest BCUT2D eigenvalue weighted by molar-refractivity contribution is -0.121. The van der Waals surface area contributed by atoms with E-state index in [1.165, 1.54) is 30.7 Å². The Bertz CT molecular complexity index is 715. The van der Waals surface area contributed by atoms with Gasteiger partial charge in [0.2, 0.25) is 15.9 Å². The van der Waals surface area contributed by atoms with Gasteiger partial charge in [0.15, 0.2) is 11.5 Å². The molecule has 0 saturated carbocycles. The molecule has 0 bridgehead atoms. The van der Waals surface area contributed by atoms with Crippen LogP contribution in [0.3, 0.4) is 0 Å². The molecule has 0 unspecified atom stereocenters. The fourth-order valence-electron chi connectivity index (χ4n) is 2.90. The molecule has 1 aromatic rings. The van der Waals surface area contributed by atoms with Gasteiger partial charge >= 0.3 is 0 Å². The zero-order chi connectivity index (χ0) is 19.2. The van der Waals surface area contributed by atoms with Crippen LogP contribution >= 0.6 is 0 Å². The van der Waals surface area contributed by atoms with E-state index in [1.807, 2.05) is 0 Å². The van der Waals surface area contributed by atoms with Crippen LogP contribution < -0.4 is 20.1 Å². The number of amides is 1. The summed E-state index contributed by atoms with van der Waals surface area (Å²) in [5.41, 5.74) is 0. The standard InChI is InChI=1S/C17H27N3O5S/c1-18-9-6-17(21)19-13-7-10-20(11-8-13)26(22,23)14-4-5-15(24-2)16(12-14)25-3/h4-5,12-13,18H,6-11H2,1-3H3,(H,19,21). The minimum Gasteiger partial charge on any atom is -0.493 e. The first-order chi connectivity index (χ1) is 12.4. The van der Waals surface area contributed by atoms with E-state index < -0.39 is 10.0 Å². The Morgan fingerprint density at radius 2 is 1.85 bits per heavy atom. The van der Waals surface area contributed by atoms with Crippen LogP contribution in [-0.4, -0.2) is 65.6 Å². The van der Waals surface area contributed by atoms with Gasteiger partial charge in [-0.3, -0.25) is 4.79 Å². The van der Waals surface area contributed by atoms with E-state index in [0.717, 1.165) is 0 Å². The molecule has 0 aromatic heterocycles. The molecule has 1 aromatic carbocycles. The Morgan fingerprint density at radius 1 is 1.19 bits per heavy atom. The number of rotatable bonds is 8. The fraction of sp³-hybridized carbons (Fsp3) is 0.588. The number of methoxy groups -OCH3 is 2. The summed E-state index contributed by atoms with van der Waals surface area (Å²) in [6, 6.07) is 4.58. The number of sulfonamides is 1. The van der Waals surface area contributed by atoms with Crippen LogP contribution in [0.1, 0.15) is 19.3 Å². The van der Waals surface area contributed by atoms with Crippen LogP contribution in [0.4, 0.5) is 0 Å². The first-order valence-electron chi connectivity index (χ1n) is 8.58. The van der Waals surface area contributed by atoms with Gasteiger partial charge in [-0.1, -0.05) is 0 Å². The van der Waals surface area contributed by atoms with Crippen LogP contribution in [0, 0.1) is 0 Å². The lowest BCUT2D eigenvalue weighted by Crippen LogP contribution is -2.46. The summed E-state index contributed by atoms with van der Waals surface area (Å²) in [5.74, 6) is 0.843. The van der Waals surface area contributed by atoms with Crippen molar-refractivity contribution in [2.75, 3.05) is 40.9 Å². The molecule has 0 radical (unpaired) electrons. The van der Waals surface area contributed by atoms with Crippen LogP contribution in [0.25, 0.3) is 0 Å². The SMILES string of the molecule is CNCCC(=O)NC1CCN(S(=O)(=O)c2ccc(OC)c(OC)c2)CC1. The van der Waals surface area contributed by atoms with Gasteiger partial charge in [0, 0.05) is 38.2 Å². The van der Waals surface area contributed by atoms with Crippen molar-refractivity contribution in [1.29, 1.82) is 0 Å². The minimum atomic E-state index is -3.61. The van der Waals surface area contributed by atoms with Crippen LogP contribution in [0.5, 0.6) is 11.5 Å². The summed E-state index contributed by atoms with van der Waals surface area (Å²) >= 11 is 0. The molecule has 1 aliphatic rings. The highest BCUT2D eigenvalue weighted by Gasteiger charge is 2.30. The number of piperidine rings is 1. The molecule has 1 amide bonds. The van der Waals surface area contributed by atoms with Crippen molar-refractivity contribution in [3.05, 3.63) is 18.2 Å². The smallest absolute Gasteiger partial charge is 0.243 e. The number of carbonyl (C=O) groups excluding carboxylic acids is 1. The maximum atomic E-state index is 12.9. The van der Waals surface area contributed by atoms with Crippen molar-refractivity contribution in [1.82, 2.24) is 14.9 Å². The average molecular weight is 385 g/mol. The summed E-state index contributed by atoms with van der Waals surface area (Å²) in [7, 11) is 1.16. The van der Waals surface area contributed by atoms with Crippen molar-refractivity contribution >= 4 is 15.9 Å². The second-order valence-corrected chi connectivity index (χ2v) is 8.05. The second kappa shape index (κ2) is 9.20. The zero-order valence-electron chi connectivity index (χ0n) is 15.4. The van der Waals surface area contributed by atoms with Gasteiger partial charge in [-0.25, -0.2) is 8.42 Å². The largest absolute Gasteiger partial charge is 0.493 e. The summed E-state index contributed by atoms with van der Waals surface area (Å²) in [4.78, 5) is 12.0. The van der Waals surface area contributed by atoms with Crippen molar-refractivity contribution in [2.24, 2.45) is 0 Å². The highest BCUT2D eigenvalue weighted by atomic mass is 32.2. The Kier molecular flexibility index (Phi) is 7.24. The van der Waals surface area contributed by atoms with Crippen LogP contribution in [-0.2, 0) is 14.8 Å². The number of benzene rings is 1. The molecular formula is C17H27N3O5S. The maximum absolute atomic E-state index is 12.9. The van der Waals surface area contributed by atoms with E-state index in [2.05, 4.69) is 10.6 Å². The molecule has 9 heteroatoms. The molecule has 1 saturated heterocycles. The predicted molar refractivity (Wildman–Crippen MR) is 98.0 cm³/mol. The highest BCUT2D eigenvalue weighted by Crippen LogP contribution is 2.31. The Balaban J connectivity index is 2.00. The molecule has 1 aliphatic heterocycles. The van der Waals surface area contributed by atoms with E-state index in [1.54, 1.807) is 13.1 Å². The summed E-state index contributed by atoms with van der Waals surface area (Å²) < 4.78 is 37.5. The number of nitrogens with one attached hydrogen (secondary N) is 2. The van der Waals surface area contributed by atoms with E-state index in [0.29, 0.717) is 50.4 Å². The number of hydrogen-bond acceptors (Lipinski definition) is 6. The molecule has 0 aliphatic carbocycles. The van der Waals surface area contributed by atoms with E-state index in [-0.39, 0.29) is 16.8 Å². The molecule has 0 spiro atoms. The molecule has 1 fully saturated rings. The van der Waals surface area contributed by atoms with Gasteiger partial charge in [-0.2, -0.15) is 4.31 Å². The van der Waals surface area contributed by atoms with Crippen LogP contribution in [0.15, 0.2) is 23.1 Å². The summed E-state index contributed by atoms with van der Waals surface area (Å²) in [6.45, 7) is 1.36. The van der Waals surface area contributed by atoms with Crippen LogP contribution in [0.2, 0.25) is 0 Å². The molecular weight excluding hydrogens is 358 g/mol. The summed E-state index contributed by atoms with van der Waals surface area (Å²) in [5, 5.41) is 5.89. The topological polar surface area (TPSA) is 97.0 Å². The molecule has 146 valence electrons. The molecule has 0 atom stereocenters. The van der Waals surface area contributed by atoms with E-state index in [4.69, 9.17) is 9.47 Å². The monoisotopic (exact) mass is 385 g/mol. The van der Waals surface area contributed by atoms with Gasteiger partial charge in [-0.15, -0.1) is 0 Å². The second-order valence-electron chi connectivity index (χ2n) is 6.12. The number of nitrogens with zero attached hydrogens (tertiary/aromatic N) is 1. The highest BCUT2D eigenvalue weighted by molar-refractivity contribution is 7.89. The molecule has 8 nitrogen and oxygen atoms in total.